The second kappa shape index (κ2) is 7.86. The van der Waals surface area contributed by atoms with Crippen LogP contribution in [0.2, 0.25) is 0 Å². The van der Waals surface area contributed by atoms with Crippen molar-refractivity contribution in [2.75, 3.05) is 20.2 Å². The number of aromatic nitrogens is 4. The third-order valence-electron chi connectivity index (χ3n) is 5.67. The summed E-state index contributed by atoms with van der Waals surface area (Å²) in [6.07, 6.45) is 3.82. The first-order valence-corrected chi connectivity index (χ1v) is 10.3. The van der Waals surface area contributed by atoms with Gasteiger partial charge in [0, 0.05) is 36.8 Å². The first-order chi connectivity index (χ1) is 15.1. The van der Waals surface area contributed by atoms with Gasteiger partial charge in [-0.05, 0) is 49.6 Å². The number of carbonyl (C=O) groups excluding carboxylic acids is 1. The summed E-state index contributed by atoms with van der Waals surface area (Å²) in [5.41, 5.74) is 3.22. The molecule has 1 fully saturated rings. The predicted octanol–water partition coefficient (Wildman–Crippen LogP) is 3.72. The Balaban J connectivity index is 1.39. The molecular formula is C23H23N5O3. The van der Waals surface area contributed by atoms with Crippen LogP contribution in [0.1, 0.15) is 40.8 Å². The summed E-state index contributed by atoms with van der Waals surface area (Å²) in [7, 11) is 1.66. The number of methoxy groups -OCH3 is 1. The largest absolute Gasteiger partial charge is 0.497 e. The number of aryl methyl sites for hydroxylation is 1. The molecule has 0 aliphatic carbocycles. The van der Waals surface area contributed by atoms with Gasteiger partial charge >= 0.3 is 0 Å². The van der Waals surface area contributed by atoms with Crippen molar-refractivity contribution >= 4 is 11.6 Å². The number of pyridine rings is 1. The standard InChI is InChI=1S/C23H23N5O3/c1-15-11-20(26-31-15)23(29)27-10-4-6-18(13-27)22-24-21-9-8-17(14-28(21)25-22)16-5-3-7-19(12-16)30-2/h3,5,7-9,11-12,14,18H,4,6,10,13H2,1-2H3. The second-order valence-corrected chi connectivity index (χ2v) is 7.84. The number of hydrogen-bond donors (Lipinski definition) is 0. The van der Waals surface area contributed by atoms with Crippen molar-refractivity contribution in [2.24, 2.45) is 0 Å². The maximum atomic E-state index is 12.8. The van der Waals surface area contributed by atoms with Gasteiger partial charge in [-0.3, -0.25) is 4.79 Å². The van der Waals surface area contributed by atoms with Crippen molar-refractivity contribution in [3.8, 4) is 16.9 Å². The molecule has 1 amide bonds. The minimum atomic E-state index is -0.106. The number of amides is 1. The van der Waals surface area contributed by atoms with Gasteiger partial charge < -0.3 is 14.2 Å². The zero-order valence-electron chi connectivity index (χ0n) is 17.5. The van der Waals surface area contributed by atoms with E-state index in [1.807, 2.05) is 52.0 Å². The Morgan fingerprint density at radius 3 is 2.90 bits per heavy atom. The van der Waals surface area contributed by atoms with Gasteiger partial charge in [0.2, 0.25) is 0 Å². The van der Waals surface area contributed by atoms with Crippen LogP contribution < -0.4 is 4.74 Å². The maximum Gasteiger partial charge on any atom is 0.276 e. The topological polar surface area (TPSA) is 85.8 Å². The third kappa shape index (κ3) is 3.76. The van der Waals surface area contributed by atoms with E-state index in [1.54, 1.807) is 20.1 Å². The molecule has 31 heavy (non-hydrogen) atoms. The fraction of sp³-hybridized carbons (Fsp3) is 0.304. The Kier molecular flexibility index (Phi) is 4.89. The van der Waals surface area contributed by atoms with Crippen molar-refractivity contribution in [3.63, 3.8) is 0 Å². The molecule has 8 nitrogen and oxygen atoms in total. The van der Waals surface area contributed by atoms with Gasteiger partial charge in [-0.2, -0.15) is 5.10 Å². The summed E-state index contributed by atoms with van der Waals surface area (Å²) in [6.45, 7) is 3.06. The number of benzene rings is 1. The van der Waals surface area contributed by atoms with Gasteiger partial charge in [0.1, 0.15) is 11.5 Å². The lowest BCUT2D eigenvalue weighted by atomic mass is 9.97. The van der Waals surface area contributed by atoms with Gasteiger partial charge in [-0.15, -0.1) is 0 Å². The van der Waals surface area contributed by atoms with E-state index < -0.39 is 0 Å². The zero-order chi connectivity index (χ0) is 21.4. The summed E-state index contributed by atoms with van der Waals surface area (Å²) in [6, 6.07) is 13.6. The van der Waals surface area contributed by atoms with Crippen molar-refractivity contribution in [2.45, 2.75) is 25.7 Å². The molecule has 158 valence electrons. The van der Waals surface area contributed by atoms with Gasteiger partial charge in [0.25, 0.3) is 5.91 Å². The normalized spacial score (nSPS) is 16.6. The molecule has 0 spiro atoms. The maximum absolute atomic E-state index is 12.8. The summed E-state index contributed by atoms with van der Waals surface area (Å²) < 4.78 is 12.2. The van der Waals surface area contributed by atoms with Gasteiger partial charge in [0.15, 0.2) is 17.2 Å². The number of hydrogen-bond acceptors (Lipinski definition) is 6. The summed E-state index contributed by atoms with van der Waals surface area (Å²) >= 11 is 0. The molecule has 1 saturated heterocycles. The highest BCUT2D eigenvalue weighted by atomic mass is 16.5. The molecule has 3 aromatic heterocycles. The van der Waals surface area contributed by atoms with Crippen LogP contribution in [-0.2, 0) is 0 Å². The molecule has 1 atom stereocenters. The average Bonchev–Trinajstić information content (AvgIpc) is 3.44. The smallest absolute Gasteiger partial charge is 0.276 e. The SMILES string of the molecule is COc1cccc(-c2ccc3nc(C4CCCN(C(=O)c5cc(C)on5)C4)nn3c2)c1. The Bertz CT molecular complexity index is 1240. The number of likely N-dealkylation sites (tertiary alicyclic amines) is 1. The molecule has 0 radical (unpaired) electrons. The number of rotatable bonds is 4. The molecule has 1 aromatic carbocycles. The molecule has 5 rings (SSSR count). The first-order valence-electron chi connectivity index (χ1n) is 10.3. The van der Waals surface area contributed by atoms with Crippen molar-refractivity contribution in [1.29, 1.82) is 0 Å². The molecule has 4 heterocycles. The lowest BCUT2D eigenvalue weighted by molar-refractivity contribution is 0.0694. The van der Waals surface area contributed by atoms with Crippen LogP contribution in [0.25, 0.3) is 16.8 Å². The Labute approximate surface area is 179 Å². The van der Waals surface area contributed by atoms with Crippen molar-refractivity contribution < 1.29 is 14.1 Å². The van der Waals surface area contributed by atoms with E-state index >= 15 is 0 Å². The second-order valence-electron chi connectivity index (χ2n) is 7.84. The molecular weight excluding hydrogens is 394 g/mol. The van der Waals surface area contributed by atoms with Crippen LogP contribution in [-0.4, -0.2) is 50.8 Å². The highest BCUT2D eigenvalue weighted by Gasteiger charge is 2.29. The molecule has 0 saturated carbocycles. The summed E-state index contributed by atoms with van der Waals surface area (Å²) in [4.78, 5) is 19.3. The van der Waals surface area contributed by atoms with Crippen molar-refractivity contribution in [1.82, 2.24) is 24.7 Å². The fourth-order valence-electron chi connectivity index (χ4n) is 4.05. The number of nitrogens with zero attached hydrogens (tertiary/aromatic N) is 5. The van der Waals surface area contributed by atoms with E-state index in [0.717, 1.165) is 41.2 Å². The van der Waals surface area contributed by atoms with Gasteiger partial charge in [-0.1, -0.05) is 17.3 Å². The Morgan fingerprint density at radius 2 is 2.10 bits per heavy atom. The minimum absolute atomic E-state index is 0.0888. The number of carbonyl (C=O) groups is 1. The molecule has 1 aliphatic heterocycles. The molecule has 0 N–H and O–H groups in total. The van der Waals surface area contributed by atoms with Crippen LogP contribution >= 0.6 is 0 Å². The van der Waals surface area contributed by atoms with Crippen LogP contribution in [0, 0.1) is 6.92 Å². The van der Waals surface area contributed by atoms with E-state index in [1.165, 1.54) is 0 Å². The van der Waals surface area contributed by atoms with Crippen LogP contribution in [0.3, 0.4) is 0 Å². The fourth-order valence-corrected chi connectivity index (χ4v) is 4.05. The quantitative estimate of drug-likeness (QED) is 0.503. The monoisotopic (exact) mass is 417 g/mol. The third-order valence-corrected chi connectivity index (χ3v) is 5.67. The molecule has 4 aromatic rings. The van der Waals surface area contributed by atoms with Crippen molar-refractivity contribution in [3.05, 3.63) is 65.9 Å². The molecule has 1 aliphatic rings. The number of piperidine rings is 1. The average molecular weight is 417 g/mol. The van der Waals surface area contributed by atoms with Gasteiger partial charge in [-0.25, -0.2) is 9.50 Å². The molecule has 1 unspecified atom stereocenters. The summed E-state index contributed by atoms with van der Waals surface area (Å²) in [5.74, 6) is 2.19. The van der Waals surface area contributed by atoms with Crippen LogP contribution in [0.15, 0.2) is 53.2 Å². The van der Waals surface area contributed by atoms with Crippen LogP contribution in [0.5, 0.6) is 5.75 Å². The van der Waals surface area contributed by atoms with E-state index in [2.05, 4.69) is 5.16 Å². The lowest BCUT2D eigenvalue weighted by Gasteiger charge is -2.30. The summed E-state index contributed by atoms with van der Waals surface area (Å²) in [5, 5.41) is 8.60. The van der Waals surface area contributed by atoms with E-state index in [-0.39, 0.29) is 11.8 Å². The van der Waals surface area contributed by atoms with Gasteiger partial charge in [0.05, 0.1) is 7.11 Å². The Hall–Kier alpha value is -3.68. The number of fused-ring (bicyclic) bond motifs is 1. The zero-order valence-corrected chi connectivity index (χ0v) is 17.5. The number of ether oxygens (including phenoxy) is 1. The predicted molar refractivity (Wildman–Crippen MR) is 114 cm³/mol. The lowest BCUT2D eigenvalue weighted by Crippen LogP contribution is -2.39. The molecule has 0 bridgehead atoms. The Morgan fingerprint density at radius 1 is 1.19 bits per heavy atom. The highest BCUT2D eigenvalue weighted by Crippen LogP contribution is 2.28. The van der Waals surface area contributed by atoms with Crippen LogP contribution in [0.4, 0.5) is 0 Å². The first kappa shape index (κ1) is 19.3. The van der Waals surface area contributed by atoms with E-state index in [4.69, 9.17) is 19.3 Å². The highest BCUT2D eigenvalue weighted by molar-refractivity contribution is 5.92. The van der Waals surface area contributed by atoms with E-state index in [0.29, 0.717) is 24.5 Å². The van der Waals surface area contributed by atoms with E-state index in [9.17, 15) is 4.79 Å². The minimum Gasteiger partial charge on any atom is -0.497 e. The molecule has 8 heteroatoms.